The highest BCUT2D eigenvalue weighted by atomic mass is 79.9. The molecule has 0 amide bonds. The van der Waals surface area contributed by atoms with Crippen LogP contribution in [0.3, 0.4) is 0 Å². The fraction of sp³-hybridized carbons (Fsp3) is 0.385. The van der Waals surface area contributed by atoms with Gasteiger partial charge in [0.05, 0.1) is 24.7 Å². The van der Waals surface area contributed by atoms with E-state index in [0.717, 1.165) is 0 Å². The summed E-state index contributed by atoms with van der Waals surface area (Å²) in [6.45, 7) is -1.06. The molecule has 0 aliphatic heterocycles. The van der Waals surface area contributed by atoms with Crippen molar-refractivity contribution in [2.45, 2.75) is 25.3 Å². The third-order valence-electron chi connectivity index (χ3n) is 2.43. The second-order valence-electron chi connectivity index (χ2n) is 3.71. The number of esters is 1. The molecule has 0 unspecified atom stereocenters. The minimum Gasteiger partial charge on any atom is -0.466 e. The maximum Gasteiger partial charge on any atom is 0.387 e. The Bertz CT molecular complexity index is 529. The summed E-state index contributed by atoms with van der Waals surface area (Å²) in [5, 5.41) is 9.38. The Morgan fingerprint density at radius 3 is 2.70 bits per heavy atom. The van der Waals surface area contributed by atoms with Crippen molar-refractivity contribution in [3.8, 4) is 11.8 Å². The van der Waals surface area contributed by atoms with Crippen LogP contribution in [0.1, 0.15) is 23.6 Å². The Morgan fingerprint density at radius 2 is 2.20 bits per heavy atom. The summed E-state index contributed by atoms with van der Waals surface area (Å²) >= 11 is 3.20. The molecule has 0 spiro atoms. The molecule has 0 bridgehead atoms. The minimum atomic E-state index is -2.97. The zero-order valence-corrected chi connectivity index (χ0v) is 12.2. The molecule has 0 N–H and O–H groups in total. The van der Waals surface area contributed by atoms with Gasteiger partial charge in [0.2, 0.25) is 0 Å². The molecular formula is C13H12BrF2NO3. The second-order valence-corrected chi connectivity index (χ2v) is 4.27. The predicted octanol–water partition coefficient (Wildman–Crippen LogP) is 3.16. The highest BCUT2D eigenvalue weighted by molar-refractivity contribution is 9.08. The molecule has 0 atom stereocenters. The zero-order chi connectivity index (χ0) is 15.1. The fourth-order valence-electron chi connectivity index (χ4n) is 1.66. The molecule has 7 heteroatoms. The van der Waals surface area contributed by atoms with Gasteiger partial charge >= 0.3 is 12.6 Å². The molecule has 0 saturated carbocycles. The van der Waals surface area contributed by atoms with E-state index in [1.165, 1.54) is 12.1 Å². The van der Waals surface area contributed by atoms with Gasteiger partial charge in [-0.25, -0.2) is 0 Å². The Balaban J connectivity index is 3.15. The summed E-state index contributed by atoms with van der Waals surface area (Å²) in [4.78, 5) is 11.5. The SMILES string of the molecule is CCOC(=O)Cc1c(C#N)cc(OC(F)F)cc1CBr. The first kappa shape index (κ1) is 16.4. The van der Waals surface area contributed by atoms with E-state index in [1.807, 2.05) is 6.07 Å². The Labute approximate surface area is 123 Å². The topological polar surface area (TPSA) is 59.3 Å². The fourth-order valence-corrected chi connectivity index (χ4v) is 2.16. The van der Waals surface area contributed by atoms with Gasteiger partial charge in [-0.15, -0.1) is 0 Å². The van der Waals surface area contributed by atoms with E-state index in [9.17, 15) is 13.6 Å². The number of nitriles is 1. The van der Waals surface area contributed by atoms with Crippen LogP contribution in [-0.4, -0.2) is 19.2 Å². The summed E-state index contributed by atoms with van der Waals surface area (Å²) in [5.74, 6) is -0.590. The van der Waals surface area contributed by atoms with Crippen LogP contribution >= 0.6 is 15.9 Å². The van der Waals surface area contributed by atoms with E-state index in [-0.39, 0.29) is 24.3 Å². The van der Waals surface area contributed by atoms with Gasteiger partial charge in [-0.3, -0.25) is 4.79 Å². The number of benzene rings is 1. The lowest BCUT2D eigenvalue weighted by Crippen LogP contribution is -2.11. The maximum absolute atomic E-state index is 12.2. The second kappa shape index (κ2) is 7.80. The molecule has 4 nitrogen and oxygen atoms in total. The van der Waals surface area contributed by atoms with Crippen LogP contribution in [0.15, 0.2) is 12.1 Å². The van der Waals surface area contributed by atoms with Gasteiger partial charge in [0.25, 0.3) is 0 Å². The average Bonchev–Trinajstić information content (AvgIpc) is 2.39. The number of hydrogen-bond acceptors (Lipinski definition) is 4. The van der Waals surface area contributed by atoms with Crippen LogP contribution in [-0.2, 0) is 21.3 Å². The molecule has 0 aromatic heterocycles. The molecule has 1 aromatic carbocycles. The average molecular weight is 348 g/mol. The molecular weight excluding hydrogens is 336 g/mol. The maximum atomic E-state index is 12.2. The van der Waals surface area contributed by atoms with Crippen molar-refractivity contribution >= 4 is 21.9 Å². The van der Waals surface area contributed by atoms with Crippen LogP contribution in [0.2, 0.25) is 0 Å². The predicted molar refractivity (Wildman–Crippen MR) is 70.8 cm³/mol. The summed E-state index contributed by atoms with van der Waals surface area (Å²) in [7, 11) is 0. The van der Waals surface area contributed by atoms with Crippen molar-refractivity contribution in [1.82, 2.24) is 0 Å². The molecule has 0 aliphatic rings. The number of halogens is 3. The lowest BCUT2D eigenvalue weighted by Gasteiger charge is -2.12. The minimum absolute atomic E-state index is 0.0906. The summed E-state index contributed by atoms with van der Waals surface area (Å²) in [5.41, 5.74) is 1.10. The van der Waals surface area contributed by atoms with E-state index < -0.39 is 12.6 Å². The highest BCUT2D eigenvalue weighted by Gasteiger charge is 2.16. The van der Waals surface area contributed by atoms with Gasteiger partial charge in [-0.2, -0.15) is 14.0 Å². The van der Waals surface area contributed by atoms with Crippen LogP contribution in [0, 0.1) is 11.3 Å². The van der Waals surface area contributed by atoms with Crippen molar-refractivity contribution < 1.29 is 23.0 Å². The number of carbonyl (C=O) groups excluding carboxylic acids is 1. The third kappa shape index (κ3) is 4.46. The largest absolute Gasteiger partial charge is 0.466 e. The lowest BCUT2D eigenvalue weighted by atomic mass is 9.99. The molecule has 20 heavy (non-hydrogen) atoms. The molecule has 1 rings (SSSR count). The first-order valence-electron chi connectivity index (χ1n) is 5.74. The Morgan fingerprint density at radius 1 is 1.50 bits per heavy atom. The van der Waals surface area contributed by atoms with Crippen LogP contribution in [0.25, 0.3) is 0 Å². The molecule has 0 radical (unpaired) electrons. The quantitative estimate of drug-likeness (QED) is 0.585. The van der Waals surface area contributed by atoms with Crippen LogP contribution in [0.5, 0.6) is 5.75 Å². The van der Waals surface area contributed by atoms with Gasteiger partial charge in [0, 0.05) is 5.33 Å². The first-order chi connectivity index (χ1) is 9.51. The van der Waals surface area contributed by atoms with E-state index >= 15 is 0 Å². The number of alkyl halides is 3. The first-order valence-corrected chi connectivity index (χ1v) is 6.86. The summed E-state index contributed by atoms with van der Waals surface area (Å²) < 4.78 is 33.5. The van der Waals surface area contributed by atoms with Crippen LogP contribution < -0.4 is 4.74 Å². The molecule has 0 heterocycles. The Kier molecular flexibility index (Phi) is 6.39. The molecule has 0 saturated heterocycles. The van der Waals surface area contributed by atoms with Gasteiger partial charge in [0.15, 0.2) is 0 Å². The van der Waals surface area contributed by atoms with Gasteiger partial charge in [0.1, 0.15) is 5.75 Å². The number of rotatable bonds is 6. The number of hydrogen-bond donors (Lipinski definition) is 0. The highest BCUT2D eigenvalue weighted by Crippen LogP contribution is 2.26. The van der Waals surface area contributed by atoms with Crippen molar-refractivity contribution in [1.29, 1.82) is 5.26 Å². The third-order valence-corrected chi connectivity index (χ3v) is 3.04. The van der Waals surface area contributed by atoms with E-state index in [0.29, 0.717) is 16.5 Å². The number of carbonyl (C=O) groups is 1. The number of nitrogens with zero attached hydrogens (tertiary/aromatic N) is 1. The van der Waals surface area contributed by atoms with Gasteiger partial charge in [-0.1, -0.05) is 15.9 Å². The molecule has 0 fully saturated rings. The van der Waals surface area contributed by atoms with Crippen molar-refractivity contribution in [2.24, 2.45) is 0 Å². The lowest BCUT2D eigenvalue weighted by molar-refractivity contribution is -0.142. The van der Waals surface area contributed by atoms with Gasteiger partial charge in [-0.05, 0) is 30.2 Å². The summed E-state index contributed by atoms with van der Waals surface area (Å²) in [6, 6.07) is 4.44. The summed E-state index contributed by atoms with van der Waals surface area (Å²) in [6.07, 6.45) is -0.0906. The van der Waals surface area contributed by atoms with Crippen molar-refractivity contribution in [3.63, 3.8) is 0 Å². The van der Waals surface area contributed by atoms with E-state index in [4.69, 9.17) is 10.00 Å². The number of ether oxygens (including phenoxy) is 2. The molecule has 0 aliphatic carbocycles. The standard InChI is InChI=1S/C13H12BrF2NO3/c1-2-19-12(18)5-11-8(6-14)3-10(20-13(15)16)4-9(11)7-17/h3-4,13H,2,5-6H2,1H3. The zero-order valence-electron chi connectivity index (χ0n) is 10.7. The normalized spacial score (nSPS) is 10.2. The van der Waals surface area contributed by atoms with Gasteiger partial charge < -0.3 is 9.47 Å². The Hall–Kier alpha value is -1.68. The molecule has 1 aromatic rings. The molecule has 108 valence electrons. The monoisotopic (exact) mass is 347 g/mol. The van der Waals surface area contributed by atoms with Crippen molar-refractivity contribution in [3.05, 3.63) is 28.8 Å². The van der Waals surface area contributed by atoms with E-state index in [2.05, 4.69) is 20.7 Å². The van der Waals surface area contributed by atoms with Crippen LogP contribution in [0.4, 0.5) is 8.78 Å². The van der Waals surface area contributed by atoms with E-state index in [1.54, 1.807) is 6.92 Å². The van der Waals surface area contributed by atoms with Crippen molar-refractivity contribution in [2.75, 3.05) is 6.61 Å². The smallest absolute Gasteiger partial charge is 0.387 e.